The molecule has 1 aromatic rings. The molecule has 25 heavy (non-hydrogen) atoms. The van der Waals surface area contributed by atoms with E-state index < -0.39 is 17.4 Å². The predicted molar refractivity (Wildman–Crippen MR) is 94.6 cm³/mol. The Morgan fingerprint density at radius 1 is 1.44 bits per heavy atom. The summed E-state index contributed by atoms with van der Waals surface area (Å²) in [6, 6.07) is 7.86. The van der Waals surface area contributed by atoms with E-state index >= 15 is 0 Å². The molecule has 2 saturated heterocycles. The van der Waals surface area contributed by atoms with E-state index in [9.17, 15) is 9.59 Å². The number of fused-ring (bicyclic) bond motifs is 1. The zero-order valence-electron chi connectivity index (χ0n) is 14.1. The maximum atomic E-state index is 13.2. The lowest BCUT2D eigenvalue weighted by molar-refractivity contribution is -0.153. The third kappa shape index (κ3) is 2.46. The van der Waals surface area contributed by atoms with Crippen LogP contribution in [-0.4, -0.2) is 41.6 Å². The largest absolute Gasteiger partial charge is 0.466 e. The molecule has 2 fully saturated rings. The zero-order valence-corrected chi connectivity index (χ0v) is 15.7. The third-order valence-electron chi connectivity index (χ3n) is 5.51. The van der Waals surface area contributed by atoms with Crippen LogP contribution in [0.15, 0.2) is 40.9 Å². The standard InChI is InChI=1S/C19H20BrNO4/c1-3-24-18(23)15-14-8-9-19(25-14)10-21(17(22)16(15)19)11(2)12-4-6-13(20)7-5-12/h4-9,11,14-16H,3,10H2,1-2H3/t11-,14+,15+,16+,19-/m0/s1. The Bertz CT molecular complexity index is 746. The monoisotopic (exact) mass is 405 g/mol. The van der Waals surface area contributed by atoms with Gasteiger partial charge in [-0.05, 0) is 31.5 Å². The lowest BCUT2D eigenvalue weighted by atomic mass is 9.77. The van der Waals surface area contributed by atoms with Crippen molar-refractivity contribution in [1.82, 2.24) is 4.90 Å². The van der Waals surface area contributed by atoms with Crippen molar-refractivity contribution in [3.05, 3.63) is 46.5 Å². The first-order valence-corrected chi connectivity index (χ1v) is 9.36. The fourth-order valence-electron chi connectivity index (χ4n) is 4.28. The number of rotatable bonds is 4. The molecule has 2 bridgehead atoms. The molecule has 1 amide bonds. The summed E-state index contributed by atoms with van der Waals surface area (Å²) < 4.78 is 12.3. The molecule has 6 heteroatoms. The maximum absolute atomic E-state index is 13.2. The number of carbonyl (C=O) groups is 2. The minimum absolute atomic E-state index is 0.0275. The molecule has 0 unspecified atom stereocenters. The highest BCUT2D eigenvalue weighted by Gasteiger charge is 2.67. The fraction of sp³-hybridized carbons (Fsp3) is 0.474. The number of esters is 1. The van der Waals surface area contributed by atoms with Gasteiger partial charge in [-0.2, -0.15) is 0 Å². The van der Waals surface area contributed by atoms with E-state index in [0.717, 1.165) is 10.0 Å². The molecule has 5 atom stereocenters. The molecule has 132 valence electrons. The number of hydrogen-bond acceptors (Lipinski definition) is 4. The maximum Gasteiger partial charge on any atom is 0.312 e. The van der Waals surface area contributed by atoms with Crippen molar-refractivity contribution in [3.8, 4) is 0 Å². The number of amides is 1. The highest BCUT2D eigenvalue weighted by atomic mass is 79.9. The third-order valence-corrected chi connectivity index (χ3v) is 6.04. The van der Waals surface area contributed by atoms with Gasteiger partial charge in [0.1, 0.15) is 11.5 Å². The summed E-state index contributed by atoms with van der Waals surface area (Å²) in [5.74, 6) is -1.39. The first-order chi connectivity index (χ1) is 12.0. The minimum atomic E-state index is -0.692. The zero-order chi connectivity index (χ0) is 17.8. The highest BCUT2D eigenvalue weighted by molar-refractivity contribution is 9.10. The number of likely N-dealkylation sites (tertiary alicyclic amines) is 1. The Hall–Kier alpha value is -1.66. The SMILES string of the molecule is CCOC(=O)[C@@H]1[C@H]2C=C[C@@]3(CN([C@@H](C)c4ccc(Br)cc4)C(=O)[C@@H]13)O2. The molecule has 1 aromatic carbocycles. The summed E-state index contributed by atoms with van der Waals surface area (Å²) >= 11 is 3.43. The first-order valence-electron chi connectivity index (χ1n) is 8.56. The molecule has 1 spiro atoms. The number of benzene rings is 1. The van der Waals surface area contributed by atoms with Crippen molar-refractivity contribution in [2.45, 2.75) is 31.6 Å². The number of carbonyl (C=O) groups excluding carboxylic acids is 2. The quantitative estimate of drug-likeness (QED) is 0.570. The van der Waals surface area contributed by atoms with Gasteiger partial charge in [0, 0.05) is 4.47 Å². The lowest BCUT2D eigenvalue weighted by Gasteiger charge is -2.27. The summed E-state index contributed by atoms with van der Waals surface area (Å²) in [4.78, 5) is 27.4. The van der Waals surface area contributed by atoms with Gasteiger partial charge in [-0.3, -0.25) is 9.59 Å². The molecule has 5 nitrogen and oxygen atoms in total. The van der Waals surface area contributed by atoms with Crippen molar-refractivity contribution in [3.63, 3.8) is 0 Å². The smallest absolute Gasteiger partial charge is 0.312 e. The number of nitrogens with zero attached hydrogens (tertiary/aromatic N) is 1. The summed E-state index contributed by atoms with van der Waals surface area (Å²) in [6.45, 7) is 4.56. The van der Waals surface area contributed by atoms with Crippen LogP contribution in [0.2, 0.25) is 0 Å². The van der Waals surface area contributed by atoms with Crippen molar-refractivity contribution in [2.75, 3.05) is 13.2 Å². The van der Waals surface area contributed by atoms with E-state index in [2.05, 4.69) is 15.9 Å². The predicted octanol–water partition coefficient (Wildman–Crippen LogP) is 2.86. The van der Waals surface area contributed by atoms with Gasteiger partial charge in [0.05, 0.1) is 31.2 Å². The van der Waals surface area contributed by atoms with Crippen molar-refractivity contribution >= 4 is 27.8 Å². The normalized spacial score (nSPS) is 33.6. The van der Waals surface area contributed by atoms with Crippen LogP contribution >= 0.6 is 15.9 Å². The van der Waals surface area contributed by atoms with Gasteiger partial charge in [0.2, 0.25) is 5.91 Å². The van der Waals surface area contributed by atoms with Gasteiger partial charge in [-0.1, -0.05) is 40.2 Å². The first kappa shape index (κ1) is 16.8. The molecular weight excluding hydrogens is 386 g/mol. The second kappa shape index (κ2) is 5.95. The second-order valence-electron chi connectivity index (χ2n) is 6.85. The van der Waals surface area contributed by atoms with Crippen molar-refractivity contribution < 1.29 is 19.1 Å². The van der Waals surface area contributed by atoms with E-state index in [4.69, 9.17) is 9.47 Å². The van der Waals surface area contributed by atoms with Gasteiger partial charge >= 0.3 is 5.97 Å². The Morgan fingerprint density at radius 3 is 2.84 bits per heavy atom. The van der Waals surface area contributed by atoms with E-state index in [1.165, 1.54) is 0 Å². The number of ether oxygens (including phenoxy) is 2. The van der Waals surface area contributed by atoms with Crippen molar-refractivity contribution in [1.29, 1.82) is 0 Å². The fourth-order valence-corrected chi connectivity index (χ4v) is 4.55. The molecule has 0 aromatic heterocycles. The Morgan fingerprint density at radius 2 is 2.16 bits per heavy atom. The summed E-state index contributed by atoms with van der Waals surface area (Å²) in [5, 5.41) is 0. The molecule has 4 rings (SSSR count). The molecule has 0 saturated carbocycles. The lowest BCUT2D eigenvalue weighted by Crippen LogP contribution is -2.40. The van der Waals surface area contributed by atoms with Gasteiger partial charge in [-0.15, -0.1) is 0 Å². The summed E-state index contributed by atoms with van der Waals surface area (Å²) in [5.41, 5.74) is 0.363. The van der Waals surface area contributed by atoms with Gasteiger partial charge in [0.25, 0.3) is 0 Å². The van der Waals surface area contributed by atoms with E-state index in [1.807, 2.05) is 48.2 Å². The van der Waals surface area contributed by atoms with Crippen LogP contribution < -0.4 is 0 Å². The van der Waals surface area contributed by atoms with Crippen LogP contribution in [-0.2, 0) is 19.1 Å². The highest BCUT2D eigenvalue weighted by Crippen LogP contribution is 2.53. The Kier molecular flexibility index (Phi) is 4.00. The van der Waals surface area contributed by atoms with Crippen LogP contribution in [0.25, 0.3) is 0 Å². The molecule has 0 aliphatic carbocycles. The van der Waals surface area contributed by atoms with Gasteiger partial charge in [-0.25, -0.2) is 0 Å². The molecule has 0 radical (unpaired) electrons. The molecular formula is C19H20BrNO4. The molecule has 3 aliphatic rings. The van der Waals surface area contributed by atoms with Crippen LogP contribution in [0.1, 0.15) is 25.5 Å². The Labute approximate surface area is 155 Å². The Balaban J connectivity index is 1.63. The average Bonchev–Trinajstić information content (AvgIpc) is 3.23. The van der Waals surface area contributed by atoms with E-state index in [-0.39, 0.29) is 24.0 Å². The topological polar surface area (TPSA) is 55.8 Å². The number of halogens is 1. The van der Waals surface area contributed by atoms with Crippen LogP contribution in [0.4, 0.5) is 0 Å². The van der Waals surface area contributed by atoms with Crippen LogP contribution in [0.3, 0.4) is 0 Å². The minimum Gasteiger partial charge on any atom is -0.466 e. The van der Waals surface area contributed by atoms with Gasteiger partial charge in [0.15, 0.2) is 0 Å². The summed E-state index contributed by atoms with van der Waals surface area (Å²) in [7, 11) is 0. The van der Waals surface area contributed by atoms with E-state index in [1.54, 1.807) is 6.92 Å². The molecule has 3 heterocycles. The van der Waals surface area contributed by atoms with E-state index in [0.29, 0.717) is 13.2 Å². The summed E-state index contributed by atoms with van der Waals surface area (Å²) in [6.07, 6.45) is 3.52. The average molecular weight is 406 g/mol. The van der Waals surface area contributed by atoms with Crippen LogP contribution in [0.5, 0.6) is 0 Å². The number of hydrogen-bond donors (Lipinski definition) is 0. The molecule has 0 N–H and O–H groups in total. The van der Waals surface area contributed by atoms with Gasteiger partial charge < -0.3 is 14.4 Å². The molecule has 3 aliphatic heterocycles. The van der Waals surface area contributed by atoms with Crippen LogP contribution in [0, 0.1) is 11.8 Å². The van der Waals surface area contributed by atoms with Crippen molar-refractivity contribution in [2.24, 2.45) is 11.8 Å². The second-order valence-corrected chi connectivity index (χ2v) is 7.76.